The monoisotopic (exact) mass is 778 g/mol. The van der Waals surface area contributed by atoms with Gasteiger partial charge in [-0.15, -0.1) is 0 Å². The first-order chi connectivity index (χ1) is 25.3. The van der Waals surface area contributed by atoms with Gasteiger partial charge in [-0.25, -0.2) is 9.97 Å². The van der Waals surface area contributed by atoms with E-state index in [1.165, 1.54) is 48.1 Å². The fourth-order valence-corrected chi connectivity index (χ4v) is 6.82. The van der Waals surface area contributed by atoms with Crippen LogP contribution in [0, 0.1) is 13.8 Å². The molecule has 0 saturated carbocycles. The van der Waals surface area contributed by atoms with E-state index in [-0.39, 0.29) is 11.5 Å². The van der Waals surface area contributed by atoms with Gasteiger partial charge < -0.3 is 28.9 Å². The maximum absolute atomic E-state index is 12.6. The SMILES string of the molecule is Cc1c(OCC(F)(F)F)ccnc1CSc1nc2ccc(OCCCOc3ccc4nc(SCc5nccc(OCC(F)(F)F)c5C)[nH]c4c3)cc2[nH]1. The van der Waals surface area contributed by atoms with Crippen molar-refractivity contribution in [3.8, 4) is 23.0 Å². The van der Waals surface area contributed by atoms with Crippen LogP contribution in [0.15, 0.2) is 71.2 Å². The Kier molecular flexibility index (Phi) is 11.8. The summed E-state index contributed by atoms with van der Waals surface area (Å²) in [5, 5.41) is 1.26. The molecule has 0 bridgehead atoms. The molecule has 0 unspecified atom stereocenters. The van der Waals surface area contributed by atoms with Gasteiger partial charge in [-0.3, -0.25) is 9.97 Å². The number of imidazole rings is 2. The summed E-state index contributed by atoms with van der Waals surface area (Å²) in [5.41, 5.74) is 5.30. The van der Waals surface area contributed by atoms with E-state index in [1.807, 2.05) is 36.4 Å². The minimum atomic E-state index is -4.43. The summed E-state index contributed by atoms with van der Waals surface area (Å²) >= 11 is 2.75. The van der Waals surface area contributed by atoms with Crippen LogP contribution in [0.5, 0.6) is 23.0 Å². The molecule has 53 heavy (non-hydrogen) atoms. The number of nitrogens with zero attached hydrogens (tertiary/aromatic N) is 4. The van der Waals surface area contributed by atoms with Gasteiger partial charge in [0, 0.05) is 53.6 Å². The molecule has 0 aliphatic rings. The number of benzene rings is 2. The molecule has 0 atom stereocenters. The lowest BCUT2D eigenvalue weighted by Gasteiger charge is -2.13. The lowest BCUT2D eigenvalue weighted by molar-refractivity contribution is -0.154. The minimum Gasteiger partial charge on any atom is -0.493 e. The van der Waals surface area contributed by atoms with Crippen LogP contribution >= 0.6 is 23.5 Å². The summed E-state index contributed by atoms with van der Waals surface area (Å²) in [6, 6.07) is 13.8. The van der Waals surface area contributed by atoms with Gasteiger partial charge in [0.25, 0.3) is 0 Å². The van der Waals surface area contributed by atoms with Crippen molar-refractivity contribution in [2.75, 3.05) is 26.4 Å². The average molecular weight is 779 g/mol. The van der Waals surface area contributed by atoms with Gasteiger partial charge in [-0.1, -0.05) is 23.5 Å². The number of ether oxygens (including phenoxy) is 4. The van der Waals surface area contributed by atoms with Crippen molar-refractivity contribution in [1.82, 2.24) is 29.9 Å². The van der Waals surface area contributed by atoms with E-state index in [0.717, 1.165) is 22.1 Å². The van der Waals surface area contributed by atoms with Crippen molar-refractivity contribution in [3.05, 3.63) is 83.4 Å². The third-order valence-corrected chi connectivity index (χ3v) is 9.45. The van der Waals surface area contributed by atoms with Crippen LogP contribution in [0.3, 0.4) is 0 Å². The van der Waals surface area contributed by atoms with Crippen LogP contribution in [0.4, 0.5) is 26.3 Å². The Balaban J connectivity index is 0.950. The normalized spacial score (nSPS) is 12.1. The van der Waals surface area contributed by atoms with E-state index < -0.39 is 25.6 Å². The fourth-order valence-electron chi connectivity index (χ4n) is 5.00. The zero-order valence-corrected chi connectivity index (χ0v) is 29.9. The number of halogens is 6. The Labute approximate surface area is 307 Å². The number of hydrogen-bond acceptors (Lipinski definition) is 10. The molecule has 280 valence electrons. The summed E-state index contributed by atoms with van der Waals surface area (Å²) in [7, 11) is 0. The lowest BCUT2D eigenvalue weighted by Crippen LogP contribution is -2.19. The van der Waals surface area contributed by atoms with Crippen LogP contribution in [0.2, 0.25) is 0 Å². The quantitative estimate of drug-likeness (QED) is 0.0559. The largest absolute Gasteiger partial charge is 0.493 e. The Morgan fingerprint density at radius 3 is 1.45 bits per heavy atom. The standard InChI is InChI=1S/C35H32F6N6O4S2/c1-20-28(42-10-8-30(20)50-18-34(36,37)38)16-52-32-44-24-6-4-22(14-26(24)46-32)48-12-3-13-49-23-5-7-25-27(15-23)47-33(45-25)53-17-29-21(2)31(9-11-43-29)51-19-35(39,40)41/h4-11,14-15H,3,12-13,16-19H2,1-2H3,(H,44,46)(H,45,47). The highest BCUT2D eigenvalue weighted by Crippen LogP contribution is 2.31. The molecule has 0 aliphatic carbocycles. The van der Waals surface area contributed by atoms with E-state index in [0.29, 0.717) is 75.5 Å². The maximum Gasteiger partial charge on any atom is 0.422 e. The zero-order chi connectivity index (χ0) is 37.6. The number of rotatable bonds is 16. The summed E-state index contributed by atoms with van der Waals surface area (Å²) in [6.45, 7) is 1.42. The van der Waals surface area contributed by atoms with Crippen LogP contribution in [0.25, 0.3) is 22.1 Å². The average Bonchev–Trinajstić information content (AvgIpc) is 3.71. The molecule has 4 heterocycles. The minimum absolute atomic E-state index is 0.142. The maximum atomic E-state index is 12.6. The number of alkyl halides is 6. The van der Waals surface area contributed by atoms with Crippen LogP contribution in [0.1, 0.15) is 28.9 Å². The summed E-state index contributed by atoms with van der Waals surface area (Å²) in [5.74, 6) is 2.35. The molecule has 0 amide bonds. The van der Waals surface area contributed by atoms with Crippen LogP contribution < -0.4 is 18.9 Å². The van der Waals surface area contributed by atoms with E-state index in [1.54, 1.807) is 13.8 Å². The highest BCUT2D eigenvalue weighted by molar-refractivity contribution is 7.98. The Hall–Kier alpha value is -4.84. The highest BCUT2D eigenvalue weighted by Gasteiger charge is 2.29. The first-order valence-electron chi connectivity index (χ1n) is 16.1. The second-order valence-electron chi connectivity index (χ2n) is 11.6. The molecular weight excluding hydrogens is 747 g/mol. The number of pyridine rings is 2. The van der Waals surface area contributed by atoms with Crippen molar-refractivity contribution >= 4 is 45.6 Å². The molecule has 2 aromatic carbocycles. The van der Waals surface area contributed by atoms with Crippen molar-refractivity contribution in [2.24, 2.45) is 0 Å². The number of thioether (sulfide) groups is 2. The summed E-state index contributed by atoms with van der Waals surface area (Å²) in [6.07, 6.45) is -5.39. The second-order valence-corrected chi connectivity index (χ2v) is 13.6. The summed E-state index contributed by atoms with van der Waals surface area (Å²) in [4.78, 5) is 24.2. The van der Waals surface area contributed by atoms with Crippen molar-refractivity contribution in [3.63, 3.8) is 0 Å². The number of aromatic nitrogens is 6. The number of nitrogens with one attached hydrogen (secondary N) is 2. The number of aromatic amines is 2. The van der Waals surface area contributed by atoms with Gasteiger partial charge in [0.05, 0.1) is 46.7 Å². The number of fused-ring (bicyclic) bond motifs is 2. The first-order valence-corrected chi connectivity index (χ1v) is 18.1. The van der Waals surface area contributed by atoms with E-state index >= 15 is 0 Å². The molecule has 6 rings (SSSR count). The van der Waals surface area contributed by atoms with E-state index in [2.05, 4.69) is 29.9 Å². The van der Waals surface area contributed by atoms with E-state index in [4.69, 9.17) is 18.9 Å². The smallest absolute Gasteiger partial charge is 0.422 e. The van der Waals surface area contributed by atoms with E-state index in [9.17, 15) is 26.3 Å². The third kappa shape index (κ3) is 10.6. The summed E-state index contributed by atoms with van der Waals surface area (Å²) < 4.78 is 97.2. The van der Waals surface area contributed by atoms with Gasteiger partial charge in [-0.2, -0.15) is 26.3 Å². The lowest BCUT2D eigenvalue weighted by atomic mass is 10.2. The molecule has 0 radical (unpaired) electrons. The molecular formula is C35H32F6N6O4S2. The van der Waals surface area contributed by atoms with Crippen LogP contribution in [-0.2, 0) is 11.5 Å². The molecule has 2 N–H and O–H groups in total. The Morgan fingerprint density at radius 2 is 1.04 bits per heavy atom. The molecule has 0 saturated heterocycles. The Bertz CT molecular complexity index is 2020. The molecule has 10 nitrogen and oxygen atoms in total. The third-order valence-electron chi connectivity index (χ3n) is 7.68. The van der Waals surface area contributed by atoms with Gasteiger partial charge in [0.1, 0.15) is 23.0 Å². The topological polar surface area (TPSA) is 120 Å². The first kappa shape index (κ1) is 37.9. The molecule has 0 spiro atoms. The van der Waals surface area contributed by atoms with Crippen LogP contribution in [-0.4, -0.2) is 68.7 Å². The molecule has 0 fully saturated rings. The van der Waals surface area contributed by atoms with Crippen molar-refractivity contribution in [1.29, 1.82) is 0 Å². The van der Waals surface area contributed by atoms with Gasteiger partial charge in [0.2, 0.25) is 0 Å². The number of H-pyrrole nitrogens is 2. The molecule has 0 aliphatic heterocycles. The molecule has 4 aromatic heterocycles. The molecule has 18 heteroatoms. The predicted molar refractivity (Wildman–Crippen MR) is 188 cm³/mol. The zero-order valence-electron chi connectivity index (χ0n) is 28.2. The van der Waals surface area contributed by atoms with Crippen molar-refractivity contribution < 1.29 is 45.3 Å². The Morgan fingerprint density at radius 1 is 0.604 bits per heavy atom. The number of hydrogen-bond donors (Lipinski definition) is 2. The molecule has 6 aromatic rings. The predicted octanol–water partition coefficient (Wildman–Crippen LogP) is 9.16. The van der Waals surface area contributed by atoms with Gasteiger partial charge in [-0.05, 0) is 50.2 Å². The highest BCUT2D eigenvalue weighted by atomic mass is 32.2. The van der Waals surface area contributed by atoms with Gasteiger partial charge in [0.15, 0.2) is 23.5 Å². The second kappa shape index (κ2) is 16.4. The van der Waals surface area contributed by atoms with Crippen molar-refractivity contribution in [2.45, 2.75) is 54.4 Å². The van der Waals surface area contributed by atoms with Gasteiger partial charge >= 0.3 is 12.4 Å². The fraction of sp³-hybridized carbons (Fsp3) is 0.314.